The van der Waals surface area contributed by atoms with Gasteiger partial charge in [-0.15, -0.1) is 0 Å². The van der Waals surface area contributed by atoms with E-state index in [-0.39, 0.29) is 17.4 Å². The Kier molecular flexibility index (Phi) is 4.05. The van der Waals surface area contributed by atoms with Crippen LogP contribution in [0, 0.1) is 22.9 Å². The van der Waals surface area contributed by atoms with E-state index in [9.17, 15) is 19.3 Å². The molecule has 5 nitrogen and oxygen atoms in total. The van der Waals surface area contributed by atoms with E-state index in [0.717, 1.165) is 6.42 Å². The fourth-order valence-electron chi connectivity index (χ4n) is 3.10. The van der Waals surface area contributed by atoms with Crippen molar-refractivity contribution in [1.29, 1.82) is 0 Å². The van der Waals surface area contributed by atoms with Crippen LogP contribution in [-0.4, -0.2) is 10.8 Å². The van der Waals surface area contributed by atoms with Gasteiger partial charge in [0, 0.05) is 17.3 Å². The molecule has 0 aromatic heterocycles. The second-order valence-corrected chi connectivity index (χ2v) is 6.16. The molecule has 1 saturated carbocycles. The van der Waals surface area contributed by atoms with Gasteiger partial charge in [-0.3, -0.25) is 14.9 Å². The number of nitrogens with zero attached hydrogens (tertiary/aromatic N) is 1. The average molecular weight is 328 g/mol. The summed E-state index contributed by atoms with van der Waals surface area (Å²) in [5, 5.41) is 13.8. The van der Waals surface area contributed by atoms with E-state index in [1.165, 1.54) is 18.2 Å². The number of nitrogens with one attached hydrogen (secondary N) is 1. The molecule has 0 radical (unpaired) electrons. The quantitative estimate of drug-likeness (QED) is 0.678. The molecule has 0 saturated heterocycles. The summed E-state index contributed by atoms with van der Waals surface area (Å²) < 4.78 is 13.5. The van der Waals surface area contributed by atoms with Crippen molar-refractivity contribution in [3.8, 4) is 0 Å². The van der Waals surface area contributed by atoms with Crippen molar-refractivity contribution in [2.75, 3.05) is 5.32 Å². The van der Waals surface area contributed by atoms with Crippen molar-refractivity contribution in [2.24, 2.45) is 0 Å². The third kappa shape index (κ3) is 2.75. The molecule has 0 atom stereocenters. The first-order valence-electron chi connectivity index (χ1n) is 7.75. The minimum absolute atomic E-state index is 0.0405. The standard InChI is InChI=1S/C18H17FN2O3/c1-12-6-7-15(11-16(12)21(23)24)20-17(22)18(8-3-9-18)13-4-2-5-14(19)10-13/h2,4-7,10-11H,3,8-9H2,1H3,(H,20,22). The largest absolute Gasteiger partial charge is 0.325 e. The lowest BCUT2D eigenvalue weighted by Gasteiger charge is -2.40. The summed E-state index contributed by atoms with van der Waals surface area (Å²) >= 11 is 0. The van der Waals surface area contributed by atoms with E-state index in [1.54, 1.807) is 31.2 Å². The molecule has 24 heavy (non-hydrogen) atoms. The van der Waals surface area contributed by atoms with Crippen molar-refractivity contribution in [1.82, 2.24) is 0 Å². The van der Waals surface area contributed by atoms with Crippen molar-refractivity contribution >= 4 is 17.3 Å². The zero-order valence-corrected chi connectivity index (χ0v) is 13.2. The first kappa shape index (κ1) is 16.1. The van der Waals surface area contributed by atoms with Crippen LogP contribution in [0.4, 0.5) is 15.8 Å². The Balaban J connectivity index is 1.88. The highest BCUT2D eigenvalue weighted by molar-refractivity contribution is 6.00. The normalized spacial score (nSPS) is 15.4. The fourth-order valence-corrected chi connectivity index (χ4v) is 3.10. The lowest BCUT2D eigenvalue weighted by Crippen LogP contribution is -2.46. The molecule has 3 rings (SSSR count). The molecule has 0 unspecified atom stereocenters. The summed E-state index contributed by atoms with van der Waals surface area (Å²) in [6.45, 7) is 1.64. The first-order chi connectivity index (χ1) is 11.4. The lowest BCUT2D eigenvalue weighted by molar-refractivity contribution is -0.385. The molecule has 6 heteroatoms. The molecule has 1 aliphatic rings. The van der Waals surface area contributed by atoms with Crippen molar-refractivity contribution < 1.29 is 14.1 Å². The number of hydrogen-bond acceptors (Lipinski definition) is 3. The summed E-state index contributed by atoms with van der Waals surface area (Å²) in [5.41, 5.74) is 0.748. The van der Waals surface area contributed by atoms with E-state index < -0.39 is 10.3 Å². The maximum Gasteiger partial charge on any atom is 0.274 e. The molecule has 2 aromatic rings. The highest BCUT2D eigenvalue weighted by Gasteiger charge is 2.45. The highest BCUT2D eigenvalue weighted by atomic mass is 19.1. The van der Waals surface area contributed by atoms with E-state index in [1.807, 2.05) is 0 Å². The minimum atomic E-state index is -0.762. The minimum Gasteiger partial charge on any atom is -0.325 e. The van der Waals surface area contributed by atoms with Gasteiger partial charge < -0.3 is 5.32 Å². The summed E-state index contributed by atoms with van der Waals surface area (Å²) in [6.07, 6.45) is 2.16. The summed E-state index contributed by atoms with van der Waals surface area (Å²) in [5.74, 6) is -0.630. The van der Waals surface area contributed by atoms with Gasteiger partial charge in [0.2, 0.25) is 5.91 Å². The number of amides is 1. The number of nitro groups is 1. The Morgan fingerprint density at radius 3 is 2.58 bits per heavy atom. The Hall–Kier alpha value is -2.76. The number of hydrogen-bond donors (Lipinski definition) is 1. The summed E-state index contributed by atoms with van der Waals surface area (Å²) in [7, 11) is 0. The van der Waals surface area contributed by atoms with Gasteiger partial charge in [0.25, 0.3) is 5.69 Å². The number of aryl methyl sites for hydroxylation is 1. The van der Waals surface area contributed by atoms with Crippen molar-refractivity contribution in [3.63, 3.8) is 0 Å². The molecule has 1 aliphatic carbocycles. The number of anilines is 1. The van der Waals surface area contributed by atoms with Crippen molar-refractivity contribution in [2.45, 2.75) is 31.6 Å². The Morgan fingerprint density at radius 2 is 2.00 bits per heavy atom. The van der Waals surface area contributed by atoms with Crippen molar-refractivity contribution in [3.05, 3.63) is 69.5 Å². The van der Waals surface area contributed by atoms with E-state index in [0.29, 0.717) is 29.7 Å². The molecule has 1 N–H and O–H groups in total. The van der Waals surface area contributed by atoms with Gasteiger partial charge in [0.15, 0.2) is 0 Å². The van der Waals surface area contributed by atoms with Gasteiger partial charge in [-0.25, -0.2) is 4.39 Å². The van der Waals surface area contributed by atoms with Gasteiger partial charge in [0.1, 0.15) is 5.82 Å². The Labute approximate surface area is 138 Å². The van der Waals surface area contributed by atoms with Gasteiger partial charge in [-0.05, 0) is 43.5 Å². The number of rotatable bonds is 4. The third-order valence-electron chi connectivity index (χ3n) is 4.68. The average Bonchev–Trinajstić information content (AvgIpc) is 2.48. The van der Waals surface area contributed by atoms with Crippen LogP contribution < -0.4 is 5.32 Å². The van der Waals surface area contributed by atoms with E-state index >= 15 is 0 Å². The van der Waals surface area contributed by atoms with Crippen LogP contribution in [0.25, 0.3) is 0 Å². The highest BCUT2D eigenvalue weighted by Crippen LogP contribution is 2.44. The van der Waals surface area contributed by atoms with Gasteiger partial charge in [0.05, 0.1) is 10.3 Å². The van der Waals surface area contributed by atoms with Crippen LogP contribution in [0.1, 0.15) is 30.4 Å². The lowest BCUT2D eigenvalue weighted by atomic mass is 9.63. The second kappa shape index (κ2) is 6.03. The topological polar surface area (TPSA) is 72.2 Å². The van der Waals surface area contributed by atoms with Crippen LogP contribution in [0.3, 0.4) is 0 Å². The predicted molar refractivity (Wildman–Crippen MR) is 88.4 cm³/mol. The van der Waals surface area contributed by atoms with E-state index in [4.69, 9.17) is 0 Å². The number of carbonyl (C=O) groups excluding carboxylic acids is 1. The number of nitro benzene ring substituents is 1. The molecule has 0 bridgehead atoms. The molecular formula is C18H17FN2O3. The van der Waals surface area contributed by atoms with Crippen LogP contribution in [0.15, 0.2) is 42.5 Å². The Bertz CT molecular complexity index is 816. The zero-order chi connectivity index (χ0) is 17.3. The molecule has 0 heterocycles. The molecule has 0 spiro atoms. The predicted octanol–water partition coefficient (Wildman–Crippen LogP) is 4.10. The first-order valence-corrected chi connectivity index (χ1v) is 7.75. The molecule has 1 fully saturated rings. The molecule has 124 valence electrons. The summed E-state index contributed by atoms with van der Waals surface area (Å²) in [6, 6.07) is 10.7. The molecule has 2 aromatic carbocycles. The number of benzene rings is 2. The SMILES string of the molecule is Cc1ccc(NC(=O)C2(c3cccc(F)c3)CCC2)cc1[N+](=O)[O-]. The van der Waals surface area contributed by atoms with Gasteiger partial charge in [-0.2, -0.15) is 0 Å². The fraction of sp³-hybridized carbons (Fsp3) is 0.278. The van der Waals surface area contributed by atoms with E-state index in [2.05, 4.69) is 5.32 Å². The maximum absolute atomic E-state index is 13.5. The Morgan fingerprint density at radius 1 is 1.25 bits per heavy atom. The van der Waals surface area contributed by atoms with Crippen LogP contribution in [-0.2, 0) is 10.2 Å². The third-order valence-corrected chi connectivity index (χ3v) is 4.68. The van der Waals surface area contributed by atoms with Gasteiger partial charge in [-0.1, -0.05) is 24.6 Å². The molecular weight excluding hydrogens is 311 g/mol. The van der Waals surface area contributed by atoms with Crippen LogP contribution in [0.5, 0.6) is 0 Å². The number of halogens is 1. The number of carbonyl (C=O) groups is 1. The molecule has 0 aliphatic heterocycles. The smallest absolute Gasteiger partial charge is 0.274 e. The van der Waals surface area contributed by atoms with Gasteiger partial charge >= 0.3 is 0 Å². The monoisotopic (exact) mass is 328 g/mol. The van der Waals surface area contributed by atoms with Crippen LogP contribution in [0.2, 0.25) is 0 Å². The second-order valence-electron chi connectivity index (χ2n) is 6.16. The molecule has 1 amide bonds. The maximum atomic E-state index is 13.5. The summed E-state index contributed by atoms with van der Waals surface area (Å²) in [4.78, 5) is 23.3. The van der Waals surface area contributed by atoms with Crippen LogP contribution >= 0.6 is 0 Å². The zero-order valence-electron chi connectivity index (χ0n) is 13.2.